The summed E-state index contributed by atoms with van der Waals surface area (Å²) in [4.78, 5) is 41.1. The number of carbonyl (C=O) groups is 3. The van der Waals surface area contributed by atoms with Crippen LogP contribution in [0.5, 0.6) is 0 Å². The van der Waals surface area contributed by atoms with E-state index < -0.39 is 29.3 Å². The van der Waals surface area contributed by atoms with Gasteiger partial charge >= 0.3 is 6.03 Å². The van der Waals surface area contributed by atoms with Gasteiger partial charge in [-0.3, -0.25) is 24.8 Å². The minimum Gasteiger partial charge on any atom is -0.296 e. The second kappa shape index (κ2) is 7.33. The lowest BCUT2D eigenvalue weighted by atomic mass is 9.99. The zero-order valence-electron chi connectivity index (χ0n) is 13.3. The molecule has 118 valence electrons. The third kappa shape index (κ3) is 4.65. The number of rotatable bonds is 6. The van der Waals surface area contributed by atoms with Crippen LogP contribution < -0.4 is 5.32 Å². The first-order chi connectivity index (χ1) is 9.79. The molecule has 0 spiro atoms. The Kier molecular flexibility index (Phi) is 6.05. The van der Waals surface area contributed by atoms with Crippen molar-refractivity contribution >= 4 is 24.1 Å². The van der Waals surface area contributed by atoms with Gasteiger partial charge in [-0.05, 0) is 27.2 Å². The van der Waals surface area contributed by atoms with Crippen molar-refractivity contribution in [3.63, 3.8) is 0 Å². The molecule has 0 aromatic rings. The predicted molar refractivity (Wildman–Crippen MR) is 81.1 cm³/mol. The monoisotopic (exact) mass is 295 g/mol. The first-order valence-corrected chi connectivity index (χ1v) is 7.48. The molecule has 1 rings (SSSR count). The summed E-state index contributed by atoms with van der Waals surface area (Å²) in [6, 6.07) is -0.662. The van der Waals surface area contributed by atoms with E-state index >= 15 is 0 Å². The van der Waals surface area contributed by atoms with Crippen molar-refractivity contribution in [1.82, 2.24) is 10.2 Å². The topological polar surface area (TPSA) is 78.8 Å². The highest BCUT2D eigenvalue weighted by Gasteiger charge is 2.44. The van der Waals surface area contributed by atoms with Gasteiger partial charge in [0.25, 0.3) is 0 Å². The molecule has 6 nitrogen and oxygen atoms in total. The molecule has 1 unspecified atom stereocenters. The van der Waals surface area contributed by atoms with Gasteiger partial charge in [-0.2, -0.15) is 0 Å². The zero-order valence-corrected chi connectivity index (χ0v) is 13.3. The van der Waals surface area contributed by atoms with Crippen LogP contribution in [-0.2, 0) is 9.59 Å². The second-order valence-corrected chi connectivity index (χ2v) is 6.23. The quantitative estimate of drug-likeness (QED) is 0.463. The molecule has 0 bridgehead atoms. The number of nitrogens with zero attached hydrogens (tertiary/aromatic N) is 2. The fourth-order valence-corrected chi connectivity index (χ4v) is 2.17. The number of hydrogen-bond acceptors (Lipinski definition) is 4. The molecule has 0 radical (unpaired) electrons. The molecule has 21 heavy (non-hydrogen) atoms. The molecule has 1 aliphatic heterocycles. The van der Waals surface area contributed by atoms with Crippen LogP contribution in [0.4, 0.5) is 4.79 Å². The average molecular weight is 295 g/mol. The van der Waals surface area contributed by atoms with Gasteiger partial charge in [0.15, 0.2) is 5.92 Å². The Hall–Kier alpha value is -1.72. The molecular weight excluding hydrogens is 270 g/mol. The van der Waals surface area contributed by atoms with Gasteiger partial charge in [0.1, 0.15) is 0 Å². The van der Waals surface area contributed by atoms with Crippen molar-refractivity contribution in [1.29, 1.82) is 0 Å². The van der Waals surface area contributed by atoms with Crippen LogP contribution in [0.25, 0.3) is 0 Å². The molecule has 0 saturated carbocycles. The van der Waals surface area contributed by atoms with Crippen LogP contribution in [-0.4, -0.2) is 41.0 Å². The highest BCUT2D eigenvalue weighted by molar-refractivity contribution is 6.23. The molecule has 0 aromatic heterocycles. The standard InChI is InChI=1S/C15H25N3O3/c1-5-6-7-8-9-16-10-11-12(19)17-14(21)18(13(11)20)15(2,3)4/h10-11H,5-9H2,1-4H3,(H,17,19,21). The summed E-state index contributed by atoms with van der Waals surface area (Å²) in [6.07, 6.45) is 5.70. The van der Waals surface area contributed by atoms with E-state index in [1.54, 1.807) is 20.8 Å². The summed E-state index contributed by atoms with van der Waals surface area (Å²) in [7, 11) is 0. The fraction of sp³-hybridized carbons (Fsp3) is 0.733. The second-order valence-electron chi connectivity index (χ2n) is 6.23. The first-order valence-electron chi connectivity index (χ1n) is 7.48. The SMILES string of the molecule is CCCCCCN=CC1C(=O)NC(=O)N(C(C)(C)C)C1=O. The molecule has 1 saturated heterocycles. The van der Waals surface area contributed by atoms with E-state index in [1.165, 1.54) is 6.21 Å². The van der Waals surface area contributed by atoms with Gasteiger partial charge in [0.05, 0.1) is 0 Å². The Labute approximate surface area is 126 Å². The van der Waals surface area contributed by atoms with Crippen LogP contribution >= 0.6 is 0 Å². The van der Waals surface area contributed by atoms with E-state index in [0.717, 1.165) is 30.6 Å². The summed E-state index contributed by atoms with van der Waals surface area (Å²) in [6.45, 7) is 7.98. The van der Waals surface area contributed by atoms with Gasteiger partial charge in [-0.1, -0.05) is 26.2 Å². The number of urea groups is 1. The Morgan fingerprint density at radius 3 is 2.43 bits per heavy atom. The van der Waals surface area contributed by atoms with Crippen LogP contribution in [0.1, 0.15) is 53.4 Å². The molecule has 1 heterocycles. The Balaban J connectivity index is 2.68. The molecule has 1 aliphatic rings. The maximum atomic E-state index is 12.3. The lowest BCUT2D eigenvalue weighted by Crippen LogP contribution is -2.63. The van der Waals surface area contributed by atoms with E-state index in [1.807, 2.05) is 0 Å². The number of carbonyl (C=O) groups excluding carboxylic acids is 3. The number of nitrogens with one attached hydrogen (secondary N) is 1. The van der Waals surface area contributed by atoms with Gasteiger partial charge in [-0.25, -0.2) is 4.79 Å². The lowest BCUT2D eigenvalue weighted by Gasteiger charge is -2.37. The van der Waals surface area contributed by atoms with Gasteiger partial charge in [-0.15, -0.1) is 0 Å². The molecule has 1 N–H and O–H groups in total. The molecule has 0 aliphatic carbocycles. The van der Waals surface area contributed by atoms with E-state index in [0.29, 0.717) is 6.54 Å². The zero-order chi connectivity index (χ0) is 16.0. The van der Waals surface area contributed by atoms with E-state index in [-0.39, 0.29) is 0 Å². The molecule has 0 aromatic carbocycles. The normalized spacial score (nSPS) is 20.3. The molecule has 6 heteroatoms. The van der Waals surface area contributed by atoms with Crippen LogP contribution in [0, 0.1) is 5.92 Å². The molecular formula is C15H25N3O3. The predicted octanol–water partition coefficient (Wildman–Crippen LogP) is 2.13. The third-order valence-electron chi connectivity index (χ3n) is 3.27. The first kappa shape index (κ1) is 17.3. The lowest BCUT2D eigenvalue weighted by molar-refractivity contribution is -0.142. The van der Waals surface area contributed by atoms with Crippen LogP contribution in [0.2, 0.25) is 0 Å². The summed E-state index contributed by atoms with van der Waals surface area (Å²) >= 11 is 0. The molecule has 1 atom stereocenters. The number of barbiturate groups is 1. The van der Waals surface area contributed by atoms with Crippen molar-refractivity contribution in [3.8, 4) is 0 Å². The Morgan fingerprint density at radius 1 is 1.19 bits per heavy atom. The minimum absolute atomic E-state index is 0.506. The molecule has 4 amide bonds. The van der Waals surface area contributed by atoms with Crippen molar-refractivity contribution in [2.75, 3.05) is 6.54 Å². The van der Waals surface area contributed by atoms with Crippen LogP contribution in [0.3, 0.4) is 0 Å². The Bertz CT molecular complexity index is 438. The summed E-state index contributed by atoms with van der Waals surface area (Å²) in [5.41, 5.74) is -0.672. The van der Waals surface area contributed by atoms with Gasteiger partial charge in [0.2, 0.25) is 11.8 Å². The number of unbranched alkanes of at least 4 members (excludes halogenated alkanes) is 3. The summed E-state index contributed by atoms with van der Waals surface area (Å²) in [5, 5.41) is 2.21. The fourth-order valence-electron chi connectivity index (χ4n) is 2.17. The highest BCUT2D eigenvalue weighted by Crippen LogP contribution is 2.20. The van der Waals surface area contributed by atoms with Gasteiger partial charge < -0.3 is 0 Å². The maximum Gasteiger partial charge on any atom is 0.331 e. The maximum absolute atomic E-state index is 12.3. The van der Waals surface area contributed by atoms with Gasteiger partial charge in [0, 0.05) is 18.3 Å². The number of amides is 4. The minimum atomic E-state index is -1.01. The largest absolute Gasteiger partial charge is 0.331 e. The average Bonchev–Trinajstić information content (AvgIpc) is 2.34. The van der Waals surface area contributed by atoms with Crippen molar-refractivity contribution < 1.29 is 14.4 Å². The van der Waals surface area contributed by atoms with Crippen molar-refractivity contribution in [2.24, 2.45) is 10.9 Å². The Morgan fingerprint density at radius 2 is 1.86 bits per heavy atom. The van der Waals surface area contributed by atoms with Crippen molar-refractivity contribution in [3.05, 3.63) is 0 Å². The summed E-state index contributed by atoms with van der Waals surface area (Å²) in [5.74, 6) is -2.11. The number of aliphatic imine (C=N–C) groups is 1. The van der Waals surface area contributed by atoms with E-state index in [2.05, 4.69) is 17.2 Å². The third-order valence-corrected chi connectivity index (χ3v) is 3.27. The molecule has 1 fully saturated rings. The number of hydrogen-bond donors (Lipinski definition) is 1. The van der Waals surface area contributed by atoms with E-state index in [4.69, 9.17) is 0 Å². The number of imide groups is 2. The smallest absolute Gasteiger partial charge is 0.296 e. The van der Waals surface area contributed by atoms with E-state index in [9.17, 15) is 14.4 Å². The van der Waals surface area contributed by atoms with Crippen molar-refractivity contribution in [2.45, 2.75) is 58.9 Å². The highest BCUT2D eigenvalue weighted by atomic mass is 16.2. The summed E-state index contributed by atoms with van der Waals surface area (Å²) < 4.78 is 0. The van der Waals surface area contributed by atoms with Crippen LogP contribution in [0.15, 0.2) is 4.99 Å².